The molecule has 6 nitrogen and oxygen atoms in total. The number of halogens is 1. The molecule has 0 bridgehead atoms. The van der Waals surface area contributed by atoms with Gasteiger partial charge in [0, 0.05) is 23.7 Å². The van der Waals surface area contributed by atoms with E-state index in [-0.39, 0.29) is 11.6 Å². The van der Waals surface area contributed by atoms with Gasteiger partial charge in [-0.25, -0.2) is 9.37 Å². The zero-order chi connectivity index (χ0) is 30.9. The van der Waals surface area contributed by atoms with Gasteiger partial charge in [0.05, 0.1) is 19.2 Å². The van der Waals surface area contributed by atoms with Crippen molar-refractivity contribution >= 4 is 5.97 Å². The summed E-state index contributed by atoms with van der Waals surface area (Å²) < 4.78 is 26.5. The number of ether oxygens (including phenoxy) is 2. The summed E-state index contributed by atoms with van der Waals surface area (Å²) in [6.45, 7) is 12.5. The first kappa shape index (κ1) is 33.1. The molecule has 1 aromatic heterocycles. The van der Waals surface area contributed by atoms with Crippen molar-refractivity contribution in [2.45, 2.75) is 98.3 Å². The lowest BCUT2D eigenvalue weighted by molar-refractivity contribution is -0.141. The van der Waals surface area contributed by atoms with Crippen molar-refractivity contribution in [3.8, 4) is 22.8 Å². The van der Waals surface area contributed by atoms with E-state index in [1.54, 1.807) is 13.0 Å². The second-order valence-electron chi connectivity index (χ2n) is 11.8. The molecule has 2 atom stereocenters. The highest BCUT2D eigenvalue weighted by Crippen LogP contribution is 2.38. The summed E-state index contributed by atoms with van der Waals surface area (Å²) in [6, 6.07) is 13.6. The number of hydrogen-bond acceptors (Lipinski definition) is 5. The Morgan fingerprint density at radius 1 is 1.12 bits per heavy atom. The van der Waals surface area contributed by atoms with Crippen LogP contribution in [0.1, 0.15) is 95.6 Å². The summed E-state index contributed by atoms with van der Waals surface area (Å²) >= 11 is 0. The number of hydrogen-bond donors (Lipinski definition) is 2. The number of aromatic nitrogens is 1. The quantitative estimate of drug-likeness (QED) is 0.280. The summed E-state index contributed by atoms with van der Waals surface area (Å²) in [5.74, 6) is -0.520. The van der Waals surface area contributed by atoms with Crippen LogP contribution in [-0.2, 0) is 24.2 Å². The number of methoxy groups -OCH3 is 1. The lowest BCUT2D eigenvalue weighted by atomic mass is 9.91. The van der Waals surface area contributed by atoms with E-state index in [1.165, 1.54) is 32.6 Å². The maximum absolute atomic E-state index is 14.8. The predicted molar refractivity (Wildman–Crippen MR) is 167 cm³/mol. The smallest absolute Gasteiger partial charge is 0.306 e. The topological polar surface area (TPSA) is 80.7 Å². The highest BCUT2D eigenvalue weighted by atomic mass is 19.1. The van der Waals surface area contributed by atoms with Crippen LogP contribution in [0.3, 0.4) is 0 Å². The summed E-state index contributed by atoms with van der Waals surface area (Å²) in [4.78, 5) is 15.3. The van der Waals surface area contributed by atoms with Crippen molar-refractivity contribution in [1.29, 1.82) is 0 Å². The van der Waals surface area contributed by atoms with E-state index in [0.717, 1.165) is 46.4 Å². The van der Waals surface area contributed by atoms with Gasteiger partial charge in [-0.2, -0.15) is 0 Å². The fourth-order valence-corrected chi connectivity index (χ4v) is 4.54. The van der Waals surface area contributed by atoms with Crippen LogP contribution in [0.2, 0.25) is 0 Å². The van der Waals surface area contributed by atoms with Crippen LogP contribution >= 0.6 is 0 Å². The number of nitrogens with zero attached hydrogens (tertiary/aromatic N) is 1. The van der Waals surface area contributed by atoms with Crippen molar-refractivity contribution in [2.75, 3.05) is 7.11 Å². The average Bonchev–Trinajstić information content (AvgIpc) is 3.87. The molecular weight excluding hydrogens is 531 g/mol. The van der Waals surface area contributed by atoms with Crippen LogP contribution in [0.25, 0.3) is 11.1 Å². The van der Waals surface area contributed by atoms with Gasteiger partial charge >= 0.3 is 5.97 Å². The average molecular weight is 579 g/mol. The minimum Gasteiger partial charge on any atom is -0.485 e. The van der Waals surface area contributed by atoms with Gasteiger partial charge < -0.3 is 19.9 Å². The van der Waals surface area contributed by atoms with Crippen LogP contribution in [0.5, 0.6) is 11.6 Å². The first-order valence-electron chi connectivity index (χ1n) is 15.1. The second kappa shape index (κ2) is 15.1. The molecule has 3 aromatic rings. The maximum Gasteiger partial charge on any atom is 0.306 e. The summed E-state index contributed by atoms with van der Waals surface area (Å²) in [6.07, 6.45) is 7.67. The number of nitrogens with one attached hydrogen (secondary N) is 1. The normalized spacial score (nSPS) is 16.0. The van der Waals surface area contributed by atoms with Crippen LogP contribution < -0.4 is 14.8 Å². The number of rotatable bonds is 8. The molecule has 5 rings (SSSR count). The fourth-order valence-electron chi connectivity index (χ4n) is 4.54. The van der Waals surface area contributed by atoms with Crippen molar-refractivity contribution in [1.82, 2.24) is 10.3 Å². The zero-order valence-corrected chi connectivity index (χ0v) is 26.2. The van der Waals surface area contributed by atoms with Crippen molar-refractivity contribution in [3.05, 3.63) is 76.7 Å². The Morgan fingerprint density at radius 3 is 2.45 bits per heavy atom. The van der Waals surface area contributed by atoms with Gasteiger partial charge in [-0.05, 0) is 73.9 Å². The zero-order valence-electron chi connectivity index (χ0n) is 26.2. The minimum atomic E-state index is -0.809. The monoisotopic (exact) mass is 578 g/mol. The van der Waals surface area contributed by atoms with Gasteiger partial charge in [-0.3, -0.25) is 4.79 Å². The first-order chi connectivity index (χ1) is 20.0. The number of fused-ring (bicyclic) bond motifs is 1. The van der Waals surface area contributed by atoms with E-state index in [2.05, 4.69) is 37.1 Å². The minimum absolute atomic E-state index is 0.120. The molecule has 0 saturated heterocycles. The molecule has 2 heterocycles. The Hall–Kier alpha value is -3.45. The molecule has 1 aliphatic heterocycles. The van der Waals surface area contributed by atoms with E-state index < -0.39 is 17.7 Å². The van der Waals surface area contributed by atoms with E-state index >= 15 is 0 Å². The molecule has 2 N–H and O–H groups in total. The number of pyridine rings is 1. The highest BCUT2D eigenvalue weighted by molar-refractivity contribution is 5.70. The van der Waals surface area contributed by atoms with E-state index in [0.29, 0.717) is 24.4 Å². The first-order valence-corrected chi connectivity index (χ1v) is 15.1. The molecule has 1 fully saturated rings. The Labute approximate surface area is 250 Å². The molecule has 2 aliphatic rings. The molecule has 1 aliphatic carbocycles. The summed E-state index contributed by atoms with van der Waals surface area (Å²) in [5, 5.41) is 12.8. The van der Waals surface area contributed by atoms with Gasteiger partial charge in [0.25, 0.3) is 0 Å². The number of aryl methyl sites for hydroxylation is 1. The Bertz CT molecular complexity index is 1330. The van der Waals surface area contributed by atoms with Gasteiger partial charge in [-0.15, -0.1) is 0 Å². The van der Waals surface area contributed by atoms with E-state index in [1.807, 2.05) is 44.2 Å². The van der Waals surface area contributed by atoms with Gasteiger partial charge in [0.2, 0.25) is 5.88 Å². The van der Waals surface area contributed by atoms with Crippen molar-refractivity contribution in [2.24, 2.45) is 5.92 Å². The van der Waals surface area contributed by atoms with Crippen LogP contribution in [-0.4, -0.2) is 28.7 Å². The van der Waals surface area contributed by atoms with E-state index in [9.17, 15) is 14.3 Å². The number of carboxylic acids is 1. The molecule has 1 saturated carbocycles. The Balaban J connectivity index is 0.000000891. The lowest BCUT2D eigenvalue weighted by Crippen LogP contribution is -2.35. The molecule has 1 unspecified atom stereocenters. The Kier molecular flexibility index (Phi) is 11.9. The predicted octanol–water partition coefficient (Wildman–Crippen LogP) is 8.31. The van der Waals surface area contributed by atoms with Crippen molar-refractivity contribution in [3.63, 3.8) is 0 Å². The molecule has 0 spiro atoms. The molecular formula is C35H47FN2O4. The number of carbonyl (C=O) groups is 1. The maximum atomic E-state index is 14.8. The standard InChI is InChI=1S/C30H35FN2O4.C3H6.C2H6/c1-18(29(34)35)12-19-6-7-20-9-11-26(37-27(20)13-19)21-8-10-23(22(14-21)16-33-30(2,3)4)24-15-28(36-5)32-17-25(24)31;1-2-3-1;1-2/h6-8,10,13-15,17-18,26,33H,9,11-12,16H2,1-5H3,(H,34,35);1-3H2;1-2H3/t18?,26-;;/m0../s1. The highest BCUT2D eigenvalue weighted by Gasteiger charge is 2.24. The largest absolute Gasteiger partial charge is 0.485 e. The lowest BCUT2D eigenvalue weighted by Gasteiger charge is -2.28. The van der Waals surface area contributed by atoms with Gasteiger partial charge in [-0.1, -0.05) is 70.4 Å². The van der Waals surface area contributed by atoms with Crippen molar-refractivity contribution < 1.29 is 23.8 Å². The third-order valence-corrected chi connectivity index (χ3v) is 7.03. The molecule has 0 radical (unpaired) electrons. The van der Waals surface area contributed by atoms with E-state index in [4.69, 9.17) is 9.47 Å². The molecule has 7 heteroatoms. The Morgan fingerprint density at radius 2 is 1.83 bits per heavy atom. The fraction of sp³-hybridized carbons (Fsp3) is 0.486. The molecule has 228 valence electrons. The van der Waals surface area contributed by atoms with Crippen LogP contribution in [0.4, 0.5) is 4.39 Å². The molecule has 2 aromatic carbocycles. The SMILES string of the molecule is C1CC1.CC.COc1cc(-c2ccc([C@@H]3CCc4ccc(CC(C)C(=O)O)cc4O3)cc2CNC(C)(C)C)c(F)cn1. The number of carboxylic acid groups (broad SMARTS) is 1. The second-order valence-corrected chi connectivity index (χ2v) is 11.8. The molecule has 42 heavy (non-hydrogen) atoms. The van der Waals surface area contributed by atoms with Gasteiger partial charge in [0.1, 0.15) is 17.7 Å². The number of aliphatic carboxylic acids is 1. The van der Waals surface area contributed by atoms with Crippen LogP contribution in [0.15, 0.2) is 48.7 Å². The third kappa shape index (κ3) is 9.55. The number of benzene rings is 2. The molecule has 0 amide bonds. The summed E-state index contributed by atoms with van der Waals surface area (Å²) in [5.41, 5.74) is 5.15. The third-order valence-electron chi connectivity index (χ3n) is 7.03. The van der Waals surface area contributed by atoms with Crippen LogP contribution in [0, 0.1) is 11.7 Å². The van der Waals surface area contributed by atoms with Gasteiger partial charge in [0.15, 0.2) is 0 Å². The summed E-state index contributed by atoms with van der Waals surface area (Å²) in [7, 11) is 1.52.